The van der Waals surface area contributed by atoms with E-state index in [1.165, 1.54) is 5.56 Å². The Morgan fingerprint density at radius 1 is 1.00 bits per heavy atom. The number of rotatable bonds is 3. The van der Waals surface area contributed by atoms with Crippen molar-refractivity contribution in [3.63, 3.8) is 0 Å². The highest BCUT2D eigenvalue weighted by molar-refractivity contribution is 5.69. The van der Waals surface area contributed by atoms with E-state index in [0.29, 0.717) is 12.4 Å². The van der Waals surface area contributed by atoms with Crippen molar-refractivity contribution in [2.45, 2.75) is 13.5 Å². The van der Waals surface area contributed by atoms with E-state index >= 15 is 0 Å². The van der Waals surface area contributed by atoms with E-state index in [4.69, 9.17) is 5.73 Å². The van der Waals surface area contributed by atoms with Crippen molar-refractivity contribution in [2.75, 3.05) is 5.73 Å². The minimum atomic E-state index is 0.595. The molecule has 100 valence electrons. The lowest BCUT2D eigenvalue weighted by atomic mass is 10.1. The first kappa shape index (κ1) is 12.4. The molecule has 0 aliphatic rings. The highest BCUT2D eigenvalue weighted by atomic mass is 15.4. The van der Waals surface area contributed by atoms with Crippen molar-refractivity contribution in [3.05, 3.63) is 65.7 Å². The normalized spacial score (nSPS) is 10.7. The molecule has 1 aromatic heterocycles. The van der Waals surface area contributed by atoms with E-state index in [1.807, 2.05) is 54.6 Å². The maximum atomic E-state index is 6.16. The topological polar surface area (TPSA) is 56.7 Å². The number of nitrogens with two attached hydrogens (primary N) is 1. The molecule has 1 heterocycles. The Hall–Kier alpha value is -2.62. The number of aromatic nitrogens is 3. The maximum Gasteiger partial charge on any atom is 0.150 e. The molecule has 0 saturated heterocycles. The minimum Gasteiger partial charge on any atom is -0.382 e. The first-order valence-electron chi connectivity index (χ1n) is 6.54. The SMILES string of the molecule is Cc1ccc(-c2nnn(Cc3ccccc3)c2N)cc1. The van der Waals surface area contributed by atoms with Crippen LogP contribution in [0.4, 0.5) is 5.82 Å². The number of aryl methyl sites for hydroxylation is 1. The molecule has 3 aromatic rings. The summed E-state index contributed by atoms with van der Waals surface area (Å²) in [5.74, 6) is 0.595. The van der Waals surface area contributed by atoms with E-state index < -0.39 is 0 Å². The van der Waals surface area contributed by atoms with E-state index in [1.54, 1.807) is 4.68 Å². The van der Waals surface area contributed by atoms with E-state index in [2.05, 4.69) is 17.2 Å². The lowest BCUT2D eigenvalue weighted by Crippen LogP contribution is -2.06. The number of hydrogen-bond donors (Lipinski definition) is 1. The predicted octanol–water partition coefficient (Wildman–Crippen LogP) is 2.88. The van der Waals surface area contributed by atoms with Gasteiger partial charge in [-0.1, -0.05) is 65.4 Å². The smallest absolute Gasteiger partial charge is 0.150 e. The molecule has 4 nitrogen and oxygen atoms in total. The van der Waals surface area contributed by atoms with Crippen LogP contribution >= 0.6 is 0 Å². The van der Waals surface area contributed by atoms with Gasteiger partial charge >= 0.3 is 0 Å². The van der Waals surface area contributed by atoms with Crippen molar-refractivity contribution < 1.29 is 0 Å². The summed E-state index contributed by atoms with van der Waals surface area (Å²) in [4.78, 5) is 0. The fourth-order valence-electron chi connectivity index (χ4n) is 2.11. The molecule has 0 fully saturated rings. The molecule has 4 heteroatoms. The van der Waals surface area contributed by atoms with Crippen molar-refractivity contribution >= 4 is 5.82 Å². The number of benzene rings is 2. The first-order chi connectivity index (χ1) is 9.74. The average Bonchev–Trinajstić information content (AvgIpc) is 2.83. The highest BCUT2D eigenvalue weighted by Gasteiger charge is 2.11. The summed E-state index contributed by atoms with van der Waals surface area (Å²) in [6.07, 6.45) is 0. The van der Waals surface area contributed by atoms with Gasteiger partial charge < -0.3 is 5.73 Å². The summed E-state index contributed by atoms with van der Waals surface area (Å²) in [7, 11) is 0. The molecule has 0 amide bonds. The second kappa shape index (κ2) is 5.17. The van der Waals surface area contributed by atoms with Gasteiger partial charge in [-0.15, -0.1) is 5.10 Å². The molecule has 2 aromatic carbocycles. The van der Waals surface area contributed by atoms with Crippen LogP contribution in [0.5, 0.6) is 0 Å². The van der Waals surface area contributed by atoms with Gasteiger partial charge in [0.1, 0.15) is 5.69 Å². The Kier molecular flexibility index (Phi) is 3.21. The molecule has 20 heavy (non-hydrogen) atoms. The van der Waals surface area contributed by atoms with E-state index in [9.17, 15) is 0 Å². The Balaban J connectivity index is 1.91. The van der Waals surface area contributed by atoms with Crippen molar-refractivity contribution in [1.82, 2.24) is 15.0 Å². The van der Waals surface area contributed by atoms with Crippen LogP contribution in [0.3, 0.4) is 0 Å². The first-order valence-corrected chi connectivity index (χ1v) is 6.54. The van der Waals surface area contributed by atoms with Crippen LogP contribution in [0.2, 0.25) is 0 Å². The Morgan fingerprint density at radius 2 is 1.70 bits per heavy atom. The summed E-state index contributed by atoms with van der Waals surface area (Å²) < 4.78 is 1.73. The summed E-state index contributed by atoms with van der Waals surface area (Å²) in [5, 5.41) is 8.35. The van der Waals surface area contributed by atoms with Crippen molar-refractivity contribution in [1.29, 1.82) is 0 Å². The van der Waals surface area contributed by atoms with Gasteiger partial charge in [0.05, 0.1) is 6.54 Å². The summed E-state index contributed by atoms with van der Waals surface area (Å²) >= 11 is 0. The number of anilines is 1. The average molecular weight is 264 g/mol. The lowest BCUT2D eigenvalue weighted by molar-refractivity contribution is 0.658. The molecule has 2 N–H and O–H groups in total. The van der Waals surface area contributed by atoms with Crippen LogP contribution in [0.1, 0.15) is 11.1 Å². The van der Waals surface area contributed by atoms with Crippen LogP contribution < -0.4 is 5.73 Å². The Labute approximate surface area is 117 Å². The number of hydrogen-bond acceptors (Lipinski definition) is 3. The molecule has 3 rings (SSSR count). The maximum absolute atomic E-state index is 6.16. The summed E-state index contributed by atoms with van der Waals surface area (Å²) in [6.45, 7) is 2.69. The third-order valence-electron chi connectivity index (χ3n) is 3.27. The number of nitrogen functional groups attached to an aromatic ring is 1. The molecule has 0 radical (unpaired) electrons. The van der Waals surface area contributed by atoms with Crippen molar-refractivity contribution in [3.8, 4) is 11.3 Å². The number of nitrogens with zero attached hydrogens (tertiary/aromatic N) is 3. The molecule has 0 atom stereocenters. The van der Waals surface area contributed by atoms with Gasteiger partial charge in [-0.25, -0.2) is 4.68 Å². The highest BCUT2D eigenvalue weighted by Crippen LogP contribution is 2.23. The summed E-state index contributed by atoms with van der Waals surface area (Å²) in [5.41, 5.74) is 10.3. The lowest BCUT2D eigenvalue weighted by Gasteiger charge is -2.04. The molecule has 0 aliphatic heterocycles. The zero-order valence-electron chi connectivity index (χ0n) is 11.3. The molecule has 0 aliphatic carbocycles. The van der Waals surface area contributed by atoms with Gasteiger partial charge in [-0.05, 0) is 12.5 Å². The minimum absolute atomic E-state index is 0.595. The second-order valence-electron chi connectivity index (χ2n) is 4.83. The van der Waals surface area contributed by atoms with E-state index in [0.717, 1.165) is 16.8 Å². The zero-order valence-corrected chi connectivity index (χ0v) is 11.3. The van der Waals surface area contributed by atoms with Gasteiger partial charge in [0, 0.05) is 5.56 Å². The largest absolute Gasteiger partial charge is 0.382 e. The van der Waals surface area contributed by atoms with Crippen LogP contribution in [-0.4, -0.2) is 15.0 Å². The molecule has 0 spiro atoms. The molecule has 0 bridgehead atoms. The zero-order chi connectivity index (χ0) is 13.9. The van der Waals surface area contributed by atoms with Crippen LogP contribution in [-0.2, 0) is 6.54 Å². The standard InChI is InChI=1S/C16H16N4/c1-12-7-9-14(10-8-12)15-16(17)20(19-18-15)11-13-5-3-2-4-6-13/h2-10H,11,17H2,1H3. The Morgan fingerprint density at radius 3 is 2.40 bits per heavy atom. The van der Waals surface area contributed by atoms with Gasteiger partial charge in [-0.2, -0.15) is 0 Å². The van der Waals surface area contributed by atoms with Crippen LogP contribution in [0.25, 0.3) is 11.3 Å². The van der Waals surface area contributed by atoms with Crippen LogP contribution in [0, 0.1) is 6.92 Å². The van der Waals surface area contributed by atoms with Gasteiger partial charge in [0.2, 0.25) is 0 Å². The molecular weight excluding hydrogens is 248 g/mol. The van der Waals surface area contributed by atoms with E-state index in [-0.39, 0.29) is 0 Å². The third-order valence-corrected chi connectivity index (χ3v) is 3.27. The van der Waals surface area contributed by atoms with Crippen molar-refractivity contribution in [2.24, 2.45) is 0 Å². The summed E-state index contributed by atoms with van der Waals surface area (Å²) in [6, 6.07) is 18.2. The fourth-order valence-corrected chi connectivity index (χ4v) is 2.11. The second-order valence-corrected chi connectivity index (χ2v) is 4.83. The van der Waals surface area contributed by atoms with Gasteiger partial charge in [0.25, 0.3) is 0 Å². The Bertz CT molecular complexity index is 699. The van der Waals surface area contributed by atoms with Crippen LogP contribution in [0.15, 0.2) is 54.6 Å². The molecule has 0 saturated carbocycles. The third kappa shape index (κ3) is 2.40. The molecule has 0 unspecified atom stereocenters. The quantitative estimate of drug-likeness (QED) is 0.791. The predicted molar refractivity (Wildman–Crippen MR) is 80.2 cm³/mol. The molecular formula is C16H16N4. The monoisotopic (exact) mass is 264 g/mol. The van der Waals surface area contributed by atoms with Gasteiger partial charge in [0.15, 0.2) is 5.82 Å². The van der Waals surface area contributed by atoms with Gasteiger partial charge in [-0.3, -0.25) is 0 Å². The fraction of sp³-hybridized carbons (Fsp3) is 0.125.